The van der Waals surface area contributed by atoms with Crippen molar-refractivity contribution in [1.82, 2.24) is 0 Å². The van der Waals surface area contributed by atoms with E-state index < -0.39 is 7.32 Å². The number of aromatic nitrogens is 2. The molecule has 0 radical (unpaired) electrons. The summed E-state index contributed by atoms with van der Waals surface area (Å²) in [5.41, 5.74) is 3.17. The zero-order valence-electron chi connectivity index (χ0n) is 26.2. The first-order valence-corrected chi connectivity index (χ1v) is 15.2. The average molecular weight is 625 g/mol. The van der Waals surface area contributed by atoms with Crippen LogP contribution in [0.3, 0.4) is 0 Å². The molecule has 0 fully saturated rings. The van der Waals surface area contributed by atoms with E-state index >= 15 is 0 Å². The molecule has 240 valence electrons. The van der Waals surface area contributed by atoms with E-state index in [0.29, 0.717) is 19.6 Å². The molecular formula is C36H41BN2O7. The first kappa shape index (κ1) is 35.6. The molecule has 9 nitrogen and oxygen atoms in total. The summed E-state index contributed by atoms with van der Waals surface area (Å²) < 4.78 is 7.67. The third-order valence-corrected chi connectivity index (χ3v) is 6.83. The van der Waals surface area contributed by atoms with Crippen LogP contribution in [-0.2, 0) is 10.1 Å². The Morgan fingerprint density at radius 2 is 1.00 bits per heavy atom. The summed E-state index contributed by atoms with van der Waals surface area (Å²) in [6.45, 7) is 5.11. The Balaban J connectivity index is 0.000000235. The molecule has 2 aromatic heterocycles. The van der Waals surface area contributed by atoms with E-state index in [1.165, 1.54) is 38.5 Å². The fourth-order valence-corrected chi connectivity index (χ4v) is 4.96. The Labute approximate surface area is 271 Å². The molecule has 0 saturated carbocycles. The van der Waals surface area contributed by atoms with E-state index in [1.807, 2.05) is 68.4 Å². The largest absolute Gasteiger partial charge is 0.871 e. The number of nitrogens with zero attached hydrogens (tertiary/aromatic N) is 2. The van der Waals surface area contributed by atoms with Crippen LogP contribution in [0.4, 0.5) is 0 Å². The van der Waals surface area contributed by atoms with Crippen molar-refractivity contribution < 1.29 is 44.1 Å². The predicted molar refractivity (Wildman–Crippen MR) is 171 cm³/mol. The zero-order chi connectivity index (χ0) is 33.0. The molecule has 2 heterocycles. The van der Waals surface area contributed by atoms with E-state index in [2.05, 4.69) is 36.4 Å². The van der Waals surface area contributed by atoms with Crippen LogP contribution < -0.4 is 29.2 Å². The lowest BCUT2D eigenvalue weighted by molar-refractivity contribution is -0.891. The van der Waals surface area contributed by atoms with E-state index in [-0.39, 0.29) is 23.5 Å². The van der Waals surface area contributed by atoms with Gasteiger partial charge in [-0.2, -0.15) is 0 Å². The quantitative estimate of drug-likeness (QED) is 0.0948. The second-order valence-electron chi connectivity index (χ2n) is 9.95. The summed E-state index contributed by atoms with van der Waals surface area (Å²) in [5, 5.41) is 39.2. The van der Waals surface area contributed by atoms with Crippen LogP contribution in [0.2, 0.25) is 0 Å². The number of pyridine rings is 2. The van der Waals surface area contributed by atoms with Crippen molar-refractivity contribution in [3.05, 3.63) is 157 Å². The highest BCUT2D eigenvalue weighted by molar-refractivity contribution is 6.28. The van der Waals surface area contributed by atoms with Crippen LogP contribution in [0.5, 0.6) is 11.5 Å². The van der Waals surface area contributed by atoms with Crippen LogP contribution in [0.25, 0.3) is 0 Å². The van der Waals surface area contributed by atoms with Crippen molar-refractivity contribution in [2.24, 2.45) is 0 Å². The molecule has 0 aliphatic heterocycles. The molecule has 5 aromatic rings. The summed E-state index contributed by atoms with van der Waals surface area (Å²) in [4.78, 5) is 10.1. The van der Waals surface area contributed by atoms with Gasteiger partial charge in [-0.1, -0.05) is 91.0 Å². The lowest BCUT2D eigenvalue weighted by Gasteiger charge is -2.37. The molecular weight excluding hydrogens is 583 g/mol. The van der Waals surface area contributed by atoms with E-state index in [1.54, 1.807) is 36.7 Å². The van der Waals surface area contributed by atoms with Gasteiger partial charge in [-0.25, -0.2) is 0 Å². The maximum Gasteiger partial charge on any atom is 0.263 e. The van der Waals surface area contributed by atoms with Crippen LogP contribution in [0, 0.1) is 0 Å². The van der Waals surface area contributed by atoms with Crippen molar-refractivity contribution in [2.75, 3.05) is 19.8 Å². The molecule has 2 N–H and O–H groups in total. The van der Waals surface area contributed by atoms with Crippen molar-refractivity contribution in [3.8, 4) is 11.5 Å². The van der Waals surface area contributed by atoms with E-state index in [0.717, 1.165) is 6.42 Å². The molecule has 3 aromatic carbocycles. The maximum absolute atomic E-state index is 10.7. The maximum atomic E-state index is 10.7. The van der Waals surface area contributed by atoms with Crippen molar-refractivity contribution in [3.63, 3.8) is 0 Å². The monoisotopic (exact) mass is 624 g/mol. The lowest BCUT2D eigenvalue weighted by atomic mass is 9.67. The van der Waals surface area contributed by atoms with Crippen LogP contribution in [0.15, 0.2) is 140 Å². The molecule has 0 bridgehead atoms. The number of benzene rings is 3. The van der Waals surface area contributed by atoms with Gasteiger partial charge < -0.3 is 24.9 Å². The molecule has 0 saturated heterocycles. The van der Waals surface area contributed by atoms with Gasteiger partial charge in [-0.3, -0.25) is 9.68 Å². The van der Waals surface area contributed by atoms with Crippen LogP contribution in [0.1, 0.15) is 43.4 Å². The highest BCUT2D eigenvalue weighted by Gasteiger charge is 2.35. The minimum absolute atomic E-state index is 0.159. The molecule has 0 amide bonds. The number of hydrogen-bond donors (Lipinski definition) is 2. The van der Waals surface area contributed by atoms with Gasteiger partial charge in [0.15, 0.2) is 24.7 Å². The highest BCUT2D eigenvalue weighted by Crippen LogP contribution is 2.42. The molecule has 5 rings (SSSR count). The lowest BCUT2D eigenvalue weighted by Crippen LogP contribution is -2.48. The smallest absolute Gasteiger partial charge is 0.263 e. The van der Waals surface area contributed by atoms with Crippen molar-refractivity contribution >= 4 is 7.32 Å². The molecule has 0 atom stereocenters. The van der Waals surface area contributed by atoms with E-state index in [4.69, 9.17) is 24.5 Å². The second-order valence-corrected chi connectivity index (χ2v) is 9.95. The number of hydrogen-bond acceptors (Lipinski definition) is 7. The summed E-state index contributed by atoms with van der Waals surface area (Å²) in [6, 6.07) is 37.6. The van der Waals surface area contributed by atoms with Gasteiger partial charge >= 0.3 is 0 Å². The third kappa shape index (κ3) is 11.2. The standard InChI is InChI=1S/C22H21BO3.2C7H9NO2/c24-23(25)26-18-10-17-22(19-11-4-1-5-12-19,20-13-6-2-7-14-20)21-15-8-3-9-16-21;2*1-2-10-8-5-3-4-7(9)6-8/h1-9,11-16H,10,17-18H2;2*3-6H,2H2,1H3/q-2;;/p+2. The number of aromatic hydroxyl groups is 2. The minimum atomic E-state index is -2.23. The van der Waals surface area contributed by atoms with Gasteiger partial charge in [0.1, 0.15) is 0 Å². The number of rotatable bonds is 12. The van der Waals surface area contributed by atoms with Gasteiger partial charge in [0.2, 0.25) is 12.4 Å². The Bertz CT molecular complexity index is 1380. The molecule has 0 spiro atoms. The molecule has 10 heteroatoms. The van der Waals surface area contributed by atoms with Crippen LogP contribution >= 0.6 is 0 Å². The Morgan fingerprint density at radius 1 is 0.609 bits per heavy atom. The first-order chi connectivity index (χ1) is 22.4. The van der Waals surface area contributed by atoms with Crippen molar-refractivity contribution in [2.45, 2.75) is 32.1 Å². The predicted octanol–water partition coefficient (Wildman–Crippen LogP) is 2.78. The molecule has 0 aliphatic rings. The Hall–Kier alpha value is -4.90. The van der Waals surface area contributed by atoms with Gasteiger partial charge in [-0.05, 0) is 55.5 Å². The average Bonchev–Trinajstić information content (AvgIpc) is 3.07. The van der Waals surface area contributed by atoms with E-state index in [9.17, 15) is 10.0 Å². The van der Waals surface area contributed by atoms with Gasteiger partial charge in [0.05, 0.1) is 7.32 Å². The molecule has 0 aliphatic carbocycles. The topological polar surface area (TPSA) is 122 Å². The molecule has 46 heavy (non-hydrogen) atoms. The van der Waals surface area contributed by atoms with Gasteiger partial charge in [0, 0.05) is 33.6 Å². The van der Waals surface area contributed by atoms with Crippen LogP contribution in [-0.4, -0.2) is 37.4 Å². The normalized spacial score (nSPS) is 10.4. The second kappa shape index (κ2) is 19.5. The highest BCUT2D eigenvalue weighted by atomic mass is 16.7. The Morgan fingerprint density at radius 3 is 1.33 bits per heavy atom. The Kier molecular flexibility index (Phi) is 15.1. The zero-order valence-corrected chi connectivity index (χ0v) is 26.2. The minimum Gasteiger partial charge on any atom is -0.871 e. The summed E-state index contributed by atoms with van der Waals surface area (Å²) in [6.07, 6.45) is 7.80. The fourth-order valence-electron chi connectivity index (χ4n) is 4.96. The summed E-state index contributed by atoms with van der Waals surface area (Å²) >= 11 is 0. The third-order valence-electron chi connectivity index (χ3n) is 6.83. The fraction of sp³-hybridized carbons (Fsp3) is 0.222. The van der Waals surface area contributed by atoms with Crippen molar-refractivity contribution in [1.29, 1.82) is 0 Å². The van der Waals surface area contributed by atoms with Gasteiger partial charge in [-0.15, -0.1) is 0 Å². The first-order valence-electron chi connectivity index (χ1n) is 15.2. The van der Waals surface area contributed by atoms with Gasteiger partial charge in [0.25, 0.3) is 12.4 Å². The summed E-state index contributed by atoms with van der Waals surface area (Å²) in [5.74, 6) is 0.409. The SMILES string of the molecule is CCO[n+]1cccc(O)c1.CCO[n+]1cccc(O)c1.[O-]B([O-])OCCCC(c1ccccc1)(c1ccccc1)c1ccccc1. The molecule has 0 unspecified atom stereocenters. The summed E-state index contributed by atoms with van der Waals surface area (Å²) in [7, 11) is -2.23.